The first-order valence-corrected chi connectivity index (χ1v) is 3.74. The average molecular weight is 139 g/mol. The second kappa shape index (κ2) is 2.51. The molecule has 10 heavy (non-hydrogen) atoms. The number of hydrogen-bond acceptors (Lipinski definition) is 1. The molecule has 0 atom stereocenters. The van der Waals surface area contributed by atoms with Crippen LogP contribution in [-0.2, 0) is 0 Å². The van der Waals surface area contributed by atoms with Crippen molar-refractivity contribution in [1.29, 1.82) is 0 Å². The van der Waals surface area contributed by atoms with E-state index >= 15 is 0 Å². The van der Waals surface area contributed by atoms with Crippen LogP contribution in [0.2, 0.25) is 0 Å². The van der Waals surface area contributed by atoms with Crippen molar-refractivity contribution in [2.24, 2.45) is 10.5 Å². The van der Waals surface area contributed by atoms with Gasteiger partial charge in [0, 0.05) is 11.0 Å². The second-order valence-electron chi connectivity index (χ2n) is 3.43. The van der Waals surface area contributed by atoms with Crippen LogP contribution in [0.3, 0.4) is 0 Å². The molecule has 1 aliphatic rings. The van der Waals surface area contributed by atoms with Gasteiger partial charge in [0.05, 0.1) is 0 Å². The van der Waals surface area contributed by atoms with Gasteiger partial charge in [-0.3, -0.25) is 0 Å². The molecule has 1 saturated carbocycles. The molecule has 0 spiro atoms. The lowest BCUT2D eigenvalue weighted by atomic mass is 9.66. The monoisotopic (exact) mass is 139 g/mol. The lowest BCUT2D eigenvalue weighted by Crippen LogP contribution is -2.36. The summed E-state index contributed by atoms with van der Waals surface area (Å²) in [5.41, 5.74) is 8.57. The van der Waals surface area contributed by atoms with Crippen molar-refractivity contribution >= 4 is 0 Å². The maximum Gasteiger partial charge on any atom is 0.0384 e. The van der Waals surface area contributed by atoms with Crippen LogP contribution in [-0.4, -0.2) is 6.04 Å². The fourth-order valence-electron chi connectivity index (χ4n) is 1.52. The van der Waals surface area contributed by atoms with E-state index in [1.165, 1.54) is 6.42 Å². The zero-order chi connectivity index (χ0) is 7.61. The summed E-state index contributed by atoms with van der Waals surface area (Å²) in [6, 6.07) is 0.287. The minimum atomic E-state index is 0.287. The highest BCUT2D eigenvalue weighted by molar-refractivity contribution is 4.93. The second-order valence-corrected chi connectivity index (χ2v) is 3.43. The number of azide groups is 1. The molecule has 0 aliphatic heterocycles. The van der Waals surface area contributed by atoms with E-state index in [-0.39, 0.29) is 6.04 Å². The molecule has 0 N–H and O–H groups in total. The van der Waals surface area contributed by atoms with Crippen molar-refractivity contribution < 1.29 is 0 Å². The molecule has 0 saturated heterocycles. The van der Waals surface area contributed by atoms with Gasteiger partial charge >= 0.3 is 0 Å². The summed E-state index contributed by atoms with van der Waals surface area (Å²) in [5.74, 6) is 0. The highest BCUT2D eigenvalue weighted by atomic mass is 15.2. The maximum atomic E-state index is 8.10. The van der Waals surface area contributed by atoms with Crippen LogP contribution in [0.25, 0.3) is 10.4 Å². The zero-order valence-corrected chi connectivity index (χ0v) is 6.54. The van der Waals surface area contributed by atoms with E-state index < -0.39 is 0 Å². The molecule has 0 bridgehead atoms. The molecule has 56 valence electrons. The molecule has 0 unspecified atom stereocenters. The lowest BCUT2D eigenvalue weighted by molar-refractivity contribution is 0.123. The SMILES string of the molecule is CCC1(C)CC(N=[N+]=[N-])C1. The fraction of sp³-hybridized carbons (Fsp3) is 1.00. The number of rotatable bonds is 2. The van der Waals surface area contributed by atoms with E-state index in [1.807, 2.05) is 0 Å². The molecular weight excluding hydrogens is 126 g/mol. The molecule has 0 heterocycles. The van der Waals surface area contributed by atoms with Gasteiger partial charge in [-0.25, -0.2) is 0 Å². The zero-order valence-electron chi connectivity index (χ0n) is 6.54. The van der Waals surface area contributed by atoms with Crippen LogP contribution in [0.15, 0.2) is 5.11 Å². The van der Waals surface area contributed by atoms with Crippen molar-refractivity contribution in [2.75, 3.05) is 0 Å². The Labute approximate surface area is 61.1 Å². The lowest BCUT2D eigenvalue weighted by Gasteiger charge is -2.42. The first-order valence-electron chi connectivity index (χ1n) is 3.74. The van der Waals surface area contributed by atoms with Gasteiger partial charge in [0.15, 0.2) is 0 Å². The first kappa shape index (κ1) is 7.42. The normalized spacial score (nSPS) is 38.0. The van der Waals surface area contributed by atoms with Crippen LogP contribution in [0, 0.1) is 5.41 Å². The maximum absolute atomic E-state index is 8.10. The molecule has 1 rings (SSSR count). The van der Waals surface area contributed by atoms with Crippen LogP contribution in [0.5, 0.6) is 0 Å². The molecule has 0 aromatic carbocycles. The van der Waals surface area contributed by atoms with Gasteiger partial charge in [-0.05, 0) is 23.8 Å². The molecular formula is C7H13N3. The van der Waals surface area contributed by atoms with Gasteiger partial charge in [-0.2, -0.15) is 0 Å². The third kappa shape index (κ3) is 1.24. The summed E-state index contributed by atoms with van der Waals surface area (Å²) < 4.78 is 0. The Morgan fingerprint density at radius 3 is 2.70 bits per heavy atom. The largest absolute Gasteiger partial charge is 0.0906 e. The van der Waals surface area contributed by atoms with E-state index in [4.69, 9.17) is 5.53 Å². The molecule has 0 aromatic rings. The summed E-state index contributed by atoms with van der Waals surface area (Å²) >= 11 is 0. The summed E-state index contributed by atoms with van der Waals surface area (Å²) in [4.78, 5) is 2.78. The molecule has 3 heteroatoms. The standard InChI is InChI=1S/C7H13N3/c1-3-7(2)4-6(5-7)9-10-8/h6H,3-5H2,1-2H3. The van der Waals surface area contributed by atoms with E-state index in [0.717, 1.165) is 12.8 Å². The summed E-state index contributed by atoms with van der Waals surface area (Å²) in [6.45, 7) is 4.43. The Hall–Kier alpha value is -0.690. The minimum absolute atomic E-state index is 0.287. The van der Waals surface area contributed by atoms with E-state index in [1.54, 1.807) is 0 Å². The Balaban J connectivity index is 2.36. The van der Waals surface area contributed by atoms with Crippen LogP contribution >= 0.6 is 0 Å². The number of nitrogens with zero attached hydrogens (tertiary/aromatic N) is 3. The van der Waals surface area contributed by atoms with Gasteiger partial charge in [-0.1, -0.05) is 25.4 Å². The minimum Gasteiger partial charge on any atom is -0.0906 e. The van der Waals surface area contributed by atoms with Crippen molar-refractivity contribution in [3.05, 3.63) is 10.4 Å². The highest BCUT2D eigenvalue weighted by Crippen LogP contribution is 2.44. The van der Waals surface area contributed by atoms with Crippen molar-refractivity contribution in [3.63, 3.8) is 0 Å². The van der Waals surface area contributed by atoms with Gasteiger partial charge in [0.1, 0.15) is 0 Å². The molecule has 1 fully saturated rings. The van der Waals surface area contributed by atoms with E-state index in [9.17, 15) is 0 Å². The molecule has 1 aliphatic carbocycles. The van der Waals surface area contributed by atoms with Crippen molar-refractivity contribution in [1.82, 2.24) is 0 Å². The van der Waals surface area contributed by atoms with E-state index in [2.05, 4.69) is 23.9 Å². The van der Waals surface area contributed by atoms with Gasteiger partial charge in [0.2, 0.25) is 0 Å². The number of hydrogen-bond donors (Lipinski definition) is 0. The van der Waals surface area contributed by atoms with Gasteiger partial charge < -0.3 is 0 Å². The Morgan fingerprint density at radius 1 is 1.70 bits per heavy atom. The van der Waals surface area contributed by atoms with Crippen LogP contribution < -0.4 is 0 Å². The molecule has 0 amide bonds. The Bertz CT molecular complexity index is 164. The molecule has 3 nitrogen and oxygen atoms in total. The van der Waals surface area contributed by atoms with Gasteiger partial charge in [-0.15, -0.1) is 0 Å². The van der Waals surface area contributed by atoms with Gasteiger partial charge in [0.25, 0.3) is 0 Å². The summed E-state index contributed by atoms with van der Waals surface area (Å²) in [5, 5.41) is 3.65. The molecule has 0 radical (unpaired) electrons. The Kier molecular flexibility index (Phi) is 1.86. The van der Waals surface area contributed by atoms with Crippen LogP contribution in [0.4, 0.5) is 0 Å². The summed E-state index contributed by atoms with van der Waals surface area (Å²) in [7, 11) is 0. The topological polar surface area (TPSA) is 48.8 Å². The predicted molar refractivity (Wildman–Crippen MR) is 40.6 cm³/mol. The highest BCUT2D eigenvalue weighted by Gasteiger charge is 2.37. The average Bonchev–Trinajstić information content (AvgIpc) is 1.85. The van der Waals surface area contributed by atoms with Crippen LogP contribution in [0.1, 0.15) is 33.1 Å². The quantitative estimate of drug-likeness (QED) is 0.321. The fourth-order valence-corrected chi connectivity index (χ4v) is 1.52. The molecule has 0 aromatic heterocycles. The van der Waals surface area contributed by atoms with Crippen molar-refractivity contribution in [2.45, 2.75) is 39.2 Å². The first-order chi connectivity index (χ1) is 4.70. The predicted octanol–water partition coefficient (Wildman–Crippen LogP) is 2.88. The Morgan fingerprint density at radius 2 is 2.30 bits per heavy atom. The van der Waals surface area contributed by atoms with E-state index in [0.29, 0.717) is 5.41 Å². The third-order valence-corrected chi connectivity index (χ3v) is 2.53. The van der Waals surface area contributed by atoms with Crippen molar-refractivity contribution in [3.8, 4) is 0 Å². The summed E-state index contributed by atoms with van der Waals surface area (Å²) in [6.07, 6.45) is 3.35. The third-order valence-electron chi connectivity index (χ3n) is 2.53. The smallest absolute Gasteiger partial charge is 0.0384 e.